The number of carbonyl (C=O) groups is 1. The van der Waals surface area contributed by atoms with Gasteiger partial charge in [0, 0.05) is 12.1 Å². The van der Waals surface area contributed by atoms with Crippen molar-refractivity contribution < 1.29 is 9.90 Å². The van der Waals surface area contributed by atoms with Crippen LogP contribution in [0.2, 0.25) is 0 Å². The van der Waals surface area contributed by atoms with Crippen molar-refractivity contribution in [3.8, 4) is 11.3 Å². The van der Waals surface area contributed by atoms with Crippen LogP contribution in [0.15, 0.2) is 42.5 Å². The Balaban J connectivity index is 2.23. The molecule has 5 heteroatoms. The lowest BCUT2D eigenvalue weighted by molar-refractivity contribution is 0.194. The standard InChI is InChI=1S/C14H15N3O2/c15-13-7-3-6-12(17-13)11-5-2-1-4-10(11)8-9-16-14(18)19/h1-7,16H,8-9H2,(H2,15,17)(H,18,19). The van der Waals surface area contributed by atoms with Crippen molar-refractivity contribution in [3.05, 3.63) is 48.0 Å². The van der Waals surface area contributed by atoms with E-state index in [1.54, 1.807) is 6.07 Å². The predicted octanol–water partition coefficient (Wildman–Crippen LogP) is 2.14. The number of anilines is 1. The van der Waals surface area contributed by atoms with Crippen LogP contribution in [0.4, 0.5) is 10.6 Å². The molecule has 98 valence electrons. The number of amides is 1. The van der Waals surface area contributed by atoms with Crippen molar-refractivity contribution in [1.82, 2.24) is 10.3 Å². The third-order valence-electron chi connectivity index (χ3n) is 2.73. The fourth-order valence-electron chi connectivity index (χ4n) is 1.89. The highest BCUT2D eigenvalue weighted by Crippen LogP contribution is 2.22. The molecule has 5 nitrogen and oxygen atoms in total. The maximum atomic E-state index is 10.4. The number of rotatable bonds is 4. The fourth-order valence-corrected chi connectivity index (χ4v) is 1.89. The molecule has 0 atom stereocenters. The molecule has 0 radical (unpaired) electrons. The van der Waals surface area contributed by atoms with Crippen molar-refractivity contribution >= 4 is 11.9 Å². The van der Waals surface area contributed by atoms with Gasteiger partial charge >= 0.3 is 6.09 Å². The second-order valence-electron chi connectivity index (χ2n) is 4.09. The molecule has 1 amide bonds. The molecule has 0 aliphatic rings. The van der Waals surface area contributed by atoms with E-state index in [1.807, 2.05) is 36.4 Å². The van der Waals surface area contributed by atoms with Gasteiger partial charge in [0.1, 0.15) is 5.82 Å². The summed E-state index contributed by atoms with van der Waals surface area (Å²) in [7, 11) is 0. The molecular formula is C14H15N3O2. The third kappa shape index (κ3) is 3.45. The Morgan fingerprint density at radius 3 is 2.74 bits per heavy atom. The Hall–Kier alpha value is -2.56. The lowest BCUT2D eigenvalue weighted by Gasteiger charge is -2.09. The number of hydrogen-bond donors (Lipinski definition) is 3. The van der Waals surface area contributed by atoms with Gasteiger partial charge in [-0.25, -0.2) is 9.78 Å². The van der Waals surface area contributed by atoms with Crippen LogP contribution in [0.5, 0.6) is 0 Å². The zero-order valence-corrected chi connectivity index (χ0v) is 10.3. The van der Waals surface area contributed by atoms with Crippen LogP contribution in [0, 0.1) is 0 Å². The monoisotopic (exact) mass is 257 g/mol. The number of aromatic nitrogens is 1. The summed E-state index contributed by atoms with van der Waals surface area (Å²) in [5.41, 5.74) is 8.49. The maximum Gasteiger partial charge on any atom is 0.404 e. The Morgan fingerprint density at radius 2 is 2.00 bits per heavy atom. The van der Waals surface area contributed by atoms with Crippen LogP contribution >= 0.6 is 0 Å². The van der Waals surface area contributed by atoms with Crippen molar-refractivity contribution in [2.24, 2.45) is 0 Å². The second-order valence-corrected chi connectivity index (χ2v) is 4.09. The number of nitrogens with two attached hydrogens (primary N) is 1. The number of carboxylic acid groups (broad SMARTS) is 1. The predicted molar refractivity (Wildman–Crippen MR) is 73.8 cm³/mol. The molecule has 0 saturated heterocycles. The van der Waals surface area contributed by atoms with Gasteiger partial charge in [-0.3, -0.25) is 0 Å². The van der Waals surface area contributed by atoms with E-state index in [4.69, 9.17) is 10.8 Å². The first-order valence-corrected chi connectivity index (χ1v) is 5.94. The maximum absolute atomic E-state index is 10.4. The van der Waals surface area contributed by atoms with Gasteiger partial charge in [-0.05, 0) is 24.1 Å². The van der Waals surface area contributed by atoms with E-state index in [9.17, 15) is 4.79 Å². The zero-order chi connectivity index (χ0) is 13.7. The fraction of sp³-hybridized carbons (Fsp3) is 0.143. The summed E-state index contributed by atoms with van der Waals surface area (Å²) in [6, 6.07) is 13.2. The highest BCUT2D eigenvalue weighted by atomic mass is 16.4. The highest BCUT2D eigenvalue weighted by Gasteiger charge is 2.06. The molecule has 1 aromatic carbocycles. The van der Waals surface area contributed by atoms with Crippen molar-refractivity contribution in [3.63, 3.8) is 0 Å². The molecule has 1 aromatic heterocycles. The van der Waals surface area contributed by atoms with E-state index in [-0.39, 0.29) is 0 Å². The number of nitrogens with one attached hydrogen (secondary N) is 1. The van der Waals surface area contributed by atoms with Crippen LogP contribution in [-0.2, 0) is 6.42 Å². The first-order chi connectivity index (χ1) is 9.16. The Labute approximate surface area is 111 Å². The minimum absolute atomic E-state index is 0.370. The summed E-state index contributed by atoms with van der Waals surface area (Å²) < 4.78 is 0. The summed E-state index contributed by atoms with van der Waals surface area (Å²) >= 11 is 0. The molecule has 0 aliphatic heterocycles. The first kappa shape index (κ1) is 12.9. The quantitative estimate of drug-likeness (QED) is 0.783. The molecule has 4 N–H and O–H groups in total. The van der Waals surface area contributed by atoms with Crippen LogP contribution in [0.1, 0.15) is 5.56 Å². The molecule has 1 heterocycles. The van der Waals surface area contributed by atoms with Gasteiger partial charge in [0.05, 0.1) is 5.69 Å². The number of hydrogen-bond acceptors (Lipinski definition) is 3. The van der Waals surface area contributed by atoms with Gasteiger partial charge in [0.2, 0.25) is 0 Å². The molecule has 0 spiro atoms. The summed E-state index contributed by atoms with van der Waals surface area (Å²) in [5.74, 6) is 0.468. The zero-order valence-electron chi connectivity index (χ0n) is 10.3. The third-order valence-corrected chi connectivity index (χ3v) is 2.73. The molecular weight excluding hydrogens is 242 g/mol. The molecule has 0 fully saturated rings. The van der Waals surface area contributed by atoms with Crippen LogP contribution < -0.4 is 11.1 Å². The van der Waals surface area contributed by atoms with E-state index in [0.29, 0.717) is 18.8 Å². The molecule has 0 bridgehead atoms. The molecule has 2 rings (SSSR count). The lowest BCUT2D eigenvalue weighted by atomic mass is 10.0. The summed E-state index contributed by atoms with van der Waals surface area (Å²) in [4.78, 5) is 14.7. The average molecular weight is 257 g/mol. The molecule has 19 heavy (non-hydrogen) atoms. The second kappa shape index (κ2) is 5.86. The molecule has 0 unspecified atom stereocenters. The van der Waals surface area contributed by atoms with Gasteiger partial charge in [0.15, 0.2) is 0 Å². The van der Waals surface area contributed by atoms with Gasteiger partial charge in [-0.1, -0.05) is 30.3 Å². The van der Waals surface area contributed by atoms with Crippen LogP contribution in [-0.4, -0.2) is 22.7 Å². The highest BCUT2D eigenvalue weighted by molar-refractivity contribution is 5.66. The number of nitrogen functional groups attached to an aromatic ring is 1. The van der Waals surface area contributed by atoms with Crippen LogP contribution in [0.25, 0.3) is 11.3 Å². The van der Waals surface area contributed by atoms with E-state index in [2.05, 4.69) is 10.3 Å². The number of nitrogens with zero attached hydrogens (tertiary/aromatic N) is 1. The Kier molecular flexibility index (Phi) is 3.97. The molecule has 2 aromatic rings. The average Bonchev–Trinajstić information content (AvgIpc) is 2.39. The SMILES string of the molecule is Nc1cccc(-c2ccccc2CCNC(=O)O)n1. The van der Waals surface area contributed by atoms with Gasteiger partial charge < -0.3 is 16.2 Å². The summed E-state index contributed by atoms with van der Waals surface area (Å²) in [6.45, 7) is 0.370. The summed E-state index contributed by atoms with van der Waals surface area (Å²) in [5, 5.41) is 10.9. The number of pyridine rings is 1. The smallest absolute Gasteiger partial charge is 0.404 e. The minimum atomic E-state index is -1.01. The van der Waals surface area contributed by atoms with E-state index < -0.39 is 6.09 Å². The first-order valence-electron chi connectivity index (χ1n) is 5.94. The molecule has 0 saturated carbocycles. The van der Waals surface area contributed by atoms with Gasteiger partial charge in [-0.15, -0.1) is 0 Å². The summed E-state index contributed by atoms with van der Waals surface area (Å²) in [6.07, 6.45) is -0.404. The van der Waals surface area contributed by atoms with E-state index >= 15 is 0 Å². The van der Waals surface area contributed by atoms with Crippen LogP contribution in [0.3, 0.4) is 0 Å². The Bertz CT molecular complexity index is 584. The van der Waals surface area contributed by atoms with Gasteiger partial charge in [0.25, 0.3) is 0 Å². The number of benzene rings is 1. The topological polar surface area (TPSA) is 88.2 Å². The lowest BCUT2D eigenvalue weighted by Crippen LogP contribution is -2.23. The Morgan fingerprint density at radius 1 is 1.21 bits per heavy atom. The normalized spacial score (nSPS) is 10.1. The van der Waals surface area contributed by atoms with Crippen molar-refractivity contribution in [2.75, 3.05) is 12.3 Å². The minimum Gasteiger partial charge on any atom is -0.465 e. The molecule has 0 aliphatic carbocycles. The van der Waals surface area contributed by atoms with Crippen molar-refractivity contribution in [2.45, 2.75) is 6.42 Å². The van der Waals surface area contributed by atoms with E-state index in [1.165, 1.54) is 0 Å². The van der Waals surface area contributed by atoms with Crippen molar-refractivity contribution in [1.29, 1.82) is 0 Å². The van der Waals surface area contributed by atoms with Gasteiger partial charge in [-0.2, -0.15) is 0 Å². The van der Waals surface area contributed by atoms with E-state index in [0.717, 1.165) is 16.8 Å². The largest absolute Gasteiger partial charge is 0.465 e.